The van der Waals surface area contributed by atoms with Gasteiger partial charge in [0.1, 0.15) is 0 Å². The van der Waals surface area contributed by atoms with Gasteiger partial charge in [0.2, 0.25) is 0 Å². The van der Waals surface area contributed by atoms with E-state index in [1.165, 1.54) is 0 Å². The maximum Gasteiger partial charge on any atom is 0.257 e. The summed E-state index contributed by atoms with van der Waals surface area (Å²) in [5.41, 5.74) is 1.43. The number of nitrogens with one attached hydrogen (secondary N) is 1. The minimum absolute atomic E-state index is 0.0190. The van der Waals surface area contributed by atoms with Gasteiger partial charge in [-0.25, -0.2) is 0 Å². The first-order chi connectivity index (χ1) is 9.77. The van der Waals surface area contributed by atoms with Crippen LogP contribution in [0.1, 0.15) is 43.0 Å². The van der Waals surface area contributed by atoms with E-state index in [2.05, 4.69) is 23.3 Å². The molecular weight excluding hydrogens is 252 g/mol. The minimum Gasteiger partial charge on any atom is -0.384 e. The van der Waals surface area contributed by atoms with Crippen molar-refractivity contribution >= 4 is 11.6 Å². The molecule has 1 aromatic rings. The van der Waals surface area contributed by atoms with Crippen LogP contribution in [0.25, 0.3) is 0 Å². The first-order valence-electron chi connectivity index (χ1n) is 7.13. The summed E-state index contributed by atoms with van der Waals surface area (Å²) in [5.74, 6) is -0.0190. The summed E-state index contributed by atoms with van der Waals surface area (Å²) in [6.45, 7) is 3.41. The largest absolute Gasteiger partial charge is 0.384 e. The van der Waals surface area contributed by atoms with Crippen LogP contribution >= 0.6 is 0 Å². The second-order valence-corrected chi connectivity index (χ2v) is 4.99. The molecule has 106 valence electrons. The van der Waals surface area contributed by atoms with Crippen LogP contribution in [0.15, 0.2) is 18.5 Å². The lowest BCUT2D eigenvalue weighted by atomic mass is 10.2. The number of carbonyl (C=O) groups is 1. The number of amides is 1. The highest BCUT2D eigenvalue weighted by atomic mass is 16.2. The molecule has 0 spiro atoms. The van der Waals surface area contributed by atoms with E-state index in [1.54, 1.807) is 12.4 Å². The molecule has 5 heteroatoms. The van der Waals surface area contributed by atoms with Crippen molar-refractivity contribution in [2.45, 2.75) is 38.6 Å². The lowest BCUT2D eigenvalue weighted by Crippen LogP contribution is -2.34. The molecule has 1 saturated carbocycles. The summed E-state index contributed by atoms with van der Waals surface area (Å²) in [4.78, 5) is 18.5. The zero-order valence-electron chi connectivity index (χ0n) is 11.8. The average Bonchev–Trinajstić information content (AvgIpc) is 3.30. The molecule has 1 aliphatic rings. The van der Waals surface area contributed by atoms with E-state index in [4.69, 9.17) is 5.26 Å². The number of hydrogen-bond acceptors (Lipinski definition) is 4. The molecule has 20 heavy (non-hydrogen) atoms. The Morgan fingerprint density at radius 1 is 1.60 bits per heavy atom. The summed E-state index contributed by atoms with van der Waals surface area (Å²) in [7, 11) is 0. The molecule has 0 aliphatic heterocycles. The molecule has 1 aliphatic carbocycles. The van der Waals surface area contributed by atoms with Gasteiger partial charge in [-0.15, -0.1) is 0 Å². The number of rotatable bonds is 7. The average molecular weight is 272 g/mol. The van der Waals surface area contributed by atoms with Crippen LogP contribution in [0, 0.1) is 11.3 Å². The fraction of sp³-hybridized carbons (Fsp3) is 0.533. The van der Waals surface area contributed by atoms with Crippen molar-refractivity contribution < 1.29 is 4.79 Å². The molecule has 1 amide bonds. The van der Waals surface area contributed by atoms with E-state index in [9.17, 15) is 4.79 Å². The highest BCUT2D eigenvalue weighted by Crippen LogP contribution is 2.29. The monoisotopic (exact) mass is 272 g/mol. The highest BCUT2D eigenvalue weighted by Gasteiger charge is 2.33. The Bertz CT molecular complexity index is 505. The smallest absolute Gasteiger partial charge is 0.257 e. The van der Waals surface area contributed by atoms with E-state index < -0.39 is 0 Å². The summed E-state index contributed by atoms with van der Waals surface area (Å²) in [6, 6.07) is 4.24. The van der Waals surface area contributed by atoms with Gasteiger partial charge >= 0.3 is 0 Å². The predicted octanol–water partition coefficient (Wildman–Crippen LogP) is 2.42. The molecule has 1 N–H and O–H groups in total. The van der Waals surface area contributed by atoms with Crippen molar-refractivity contribution in [3.05, 3.63) is 24.0 Å². The van der Waals surface area contributed by atoms with Crippen LogP contribution in [-0.2, 0) is 0 Å². The van der Waals surface area contributed by atoms with Crippen molar-refractivity contribution in [2.75, 3.05) is 18.4 Å². The first-order valence-corrected chi connectivity index (χ1v) is 7.13. The molecule has 1 aromatic heterocycles. The summed E-state index contributed by atoms with van der Waals surface area (Å²) in [5, 5.41) is 12.0. The van der Waals surface area contributed by atoms with Gasteiger partial charge in [-0.3, -0.25) is 9.78 Å². The molecule has 1 fully saturated rings. The Hall–Kier alpha value is -2.09. The van der Waals surface area contributed by atoms with E-state index in [1.807, 2.05) is 11.0 Å². The lowest BCUT2D eigenvalue weighted by Gasteiger charge is -2.22. The molecular formula is C15H20N4O. The lowest BCUT2D eigenvalue weighted by molar-refractivity contribution is 0.0747. The van der Waals surface area contributed by atoms with Crippen LogP contribution in [0.4, 0.5) is 5.69 Å². The van der Waals surface area contributed by atoms with Crippen molar-refractivity contribution in [2.24, 2.45) is 0 Å². The van der Waals surface area contributed by atoms with Crippen molar-refractivity contribution in [3.8, 4) is 6.07 Å². The van der Waals surface area contributed by atoms with Gasteiger partial charge in [-0.1, -0.05) is 6.92 Å². The standard InChI is InChI=1S/C15H20N4O/c1-2-8-18-14-6-9-17-11-13(14)15(20)19(10-3-7-16)12-4-5-12/h6,9,11-12H,2-5,8,10H2,1H3,(H,17,18). The zero-order valence-corrected chi connectivity index (χ0v) is 11.8. The SMILES string of the molecule is CCCNc1ccncc1C(=O)N(CCC#N)C1CC1. The van der Waals surface area contributed by atoms with Gasteiger partial charge in [0.05, 0.1) is 23.7 Å². The molecule has 2 rings (SSSR count). The summed E-state index contributed by atoms with van der Waals surface area (Å²) < 4.78 is 0. The van der Waals surface area contributed by atoms with Gasteiger partial charge in [-0.05, 0) is 25.3 Å². The fourth-order valence-electron chi connectivity index (χ4n) is 2.14. The molecule has 0 aromatic carbocycles. The van der Waals surface area contributed by atoms with E-state index in [0.29, 0.717) is 24.6 Å². The fourth-order valence-corrected chi connectivity index (χ4v) is 2.14. The normalized spacial score (nSPS) is 13.6. The number of hydrogen-bond donors (Lipinski definition) is 1. The highest BCUT2D eigenvalue weighted by molar-refractivity contribution is 5.99. The third-order valence-electron chi connectivity index (χ3n) is 3.33. The van der Waals surface area contributed by atoms with Gasteiger partial charge < -0.3 is 10.2 Å². The Labute approximate surface area is 119 Å². The molecule has 0 unspecified atom stereocenters. The maximum atomic E-state index is 12.7. The second-order valence-electron chi connectivity index (χ2n) is 4.99. The Morgan fingerprint density at radius 3 is 3.05 bits per heavy atom. The number of nitriles is 1. The summed E-state index contributed by atoms with van der Waals surface area (Å²) >= 11 is 0. The molecule has 0 radical (unpaired) electrons. The van der Waals surface area contributed by atoms with Crippen LogP contribution in [0.2, 0.25) is 0 Å². The number of carbonyl (C=O) groups excluding carboxylic acids is 1. The zero-order chi connectivity index (χ0) is 14.4. The van der Waals surface area contributed by atoms with Crippen LogP contribution in [0.3, 0.4) is 0 Å². The number of anilines is 1. The minimum atomic E-state index is -0.0190. The quantitative estimate of drug-likeness (QED) is 0.827. The first kappa shape index (κ1) is 14.3. The van der Waals surface area contributed by atoms with Crippen molar-refractivity contribution in [3.63, 3.8) is 0 Å². The molecule has 0 atom stereocenters. The van der Waals surface area contributed by atoms with E-state index >= 15 is 0 Å². The van der Waals surface area contributed by atoms with Gasteiger partial charge in [0.25, 0.3) is 5.91 Å². The van der Waals surface area contributed by atoms with E-state index in [0.717, 1.165) is 31.5 Å². The van der Waals surface area contributed by atoms with Crippen LogP contribution < -0.4 is 5.32 Å². The molecule has 0 bridgehead atoms. The number of aromatic nitrogens is 1. The Kier molecular flexibility index (Phi) is 4.94. The Morgan fingerprint density at radius 2 is 2.40 bits per heavy atom. The maximum absolute atomic E-state index is 12.7. The van der Waals surface area contributed by atoms with Crippen molar-refractivity contribution in [1.82, 2.24) is 9.88 Å². The third-order valence-corrected chi connectivity index (χ3v) is 3.33. The Balaban J connectivity index is 2.15. The van der Waals surface area contributed by atoms with Crippen LogP contribution in [0.5, 0.6) is 0 Å². The topological polar surface area (TPSA) is 69.0 Å². The second kappa shape index (κ2) is 6.90. The van der Waals surface area contributed by atoms with Gasteiger partial charge in [0.15, 0.2) is 0 Å². The number of nitrogens with zero attached hydrogens (tertiary/aromatic N) is 3. The molecule has 0 saturated heterocycles. The van der Waals surface area contributed by atoms with Crippen LogP contribution in [-0.4, -0.2) is 34.9 Å². The molecule has 5 nitrogen and oxygen atoms in total. The van der Waals surface area contributed by atoms with Gasteiger partial charge in [0, 0.05) is 31.5 Å². The summed E-state index contributed by atoms with van der Waals surface area (Å²) in [6.07, 6.45) is 6.74. The predicted molar refractivity (Wildman–Crippen MR) is 77.3 cm³/mol. The number of pyridine rings is 1. The van der Waals surface area contributed by atoms with Gasteiger partial charge in [-0.2, -0.15) is 5.26 Å². The molecule has 1 heterocycles. The third kappa shape index (κ3) is 3.47. The van der Waals surface area contributed by atoms with Crippen molar-refractivity contribution in [1.29, 1.82) is 5.26 Å². The van der Waals surface area contributed by atoms with E-state index in [-0.39, 0.29) is 5.91 Å².